The van der Waals surface area contributed by atoms with Gasteiger partial charge in [-0.15, -0.1) is 0 Å². The monoisotopic (exact) mass is 1030 g/mol. The first-order chi connectivity index (χ1) is 40.1. The zero-order chi connectivity index (χ0) is 53.6. The molecule has 0 bridgehead atoms. The van der Waals surface area contributed by atoms with Crippen LogP contribution in [0.2, 0.25) is 0 Å². The second-order valence-corrected chi connectivity index (χ2v) is 21.2. The summed E-state index contributed by atoms with van der Waals surface area (Å²) in [6.07, 6.45) is 0. The van der Waals surface area contributed by atoms with E-state index in [1.165, 1.54) is 143 Å². The van der Waals surface area contributed by atoms with Crippen molar-refractivity contribution in [3.63, 3.8) is 0 Å². The van der Waals surface area contributed by atoms with Gasteiger partial charge in [0.15, 0.2) is 0 Å². The third-order valence-electron chi connectivity index (χ3n) is 16.5. The first-order valence-electron chi connectivity index (χ1n) is 28.0. The number of aromatic nitrogens is 1. The molecule has 0 spiro atoms. The van der Waals surface area contributed by atoms with Crippen LogP contribution < -0.4 is 0 Å². The van der Waals surface area contributed by atoms with Crippen LogP contribution in [-0.4, -0.2) is 4.57 Å². The molecule has 1 nitrogen and oxygen atoms in total. The lowest BCUT2D eigenvalue weighted by atomic mass is 9.93. The average molecular weight is 1030 g/mol. The fourth-order valence-electron chi connectivity index (χ4n) is 12.2. The zero-order valence-electron chi connectivity index (χ0n) is 44.5. The molecule has 0 saturated heterocycles. The molecule has 0 amide bonds. The molecule has 0 atom stereocenters. The average Bonchev–Trinajstić information content (AvgIpc) is 4.10. The molecule has 0 radical (unpaired) electrons. The molecule has 378 valence electrons. The Morgan fingerprint density at radius 3 is 0.840 bits per heavy atom. The number of hydrogen-bond donors (Lipinski definition) is 0. The maximum atomic E-state index is 2.49. The van der Waals surface area contributed by atoms with E-state index in [1.807, 2.05) is 0 Å². The highest BCUT2D eigenvalue weighted by Gasteiger charge is 2.19. The third kappa shape index (κ3) is 8.88. The van der Waals surface area contributed by atoms with Gasteiger partial charge in [-0.25, -0.2) is 0 Å². The molecule has 1 heterocycles. The highest BCUT2D eigenvalue weighted by atomic mass is 15.0. The Labute approximate surface area is 472 Å². The lowest BCUT2D eigenvalue weighted by molar-refractivity contribution is 1.20. The van der Waals surface area contributed by atoms with Gasteiger partial charge in [-0.2, -0.15) is 0 Å². The summed E-state index contributed by atoms with van der Waals surface area (Å²) in [5.74, 6) is 0. The van der Waals surface area contributed by atoms with E-state index >= 15 is 0 Å². The maximum Gasteiger partial charge on any atom is 0.0541 e. The van der Waals surface area contributed by atoms with E-state index in [2.05, 4.69) is 326 Å². The van der Waals surface area contributed by atoms with E-state index in [-0.39, 0.29) is 0 Å². The predicted octanol–water partition coefficient (Wildman–Crippen LogP) is 22.1. The van der Waals surface area contributed by atoms with Gasteiger partial charge in [0.2, 0.25) is 0 Å². The Hall–Kier alpha value is -10.6. The number of hydrogen-bond acceptors (Lipinski definition) is 0. The van der Waals surface area contributed by atoms with E-state index in [0.29, 0.717) is 0 Å². The van der Waals surface area contributed by atoms with Crippen LogP contribution in [0.3, 0.4) is 0 Å². The van der Waals surface area contributed by atoms with Crippen LogP contribution in [-0.2, 0) is 0 Å². The first kappa shape index (κ1) is 47.6. The maximum absolute atomic E-state index is 2.49. The summed E-state index contributed by atoms with van der Waals surface area (Å²) in [5.41, 5.74) is 25.3. The molecule has 1 aromatic heterocycles. The Balaban J connectivity index is 0.775. The van der Waals surface area contributed by atoms with Crippen LogP contribution in [0.25, 0.3) is 149 Å². The summed E-state index contributed by atoms with van der Waals surface area (Å²) in [6.45, 7) is 0. The molecule has 0 unspecified atom stereocenters. The van der Waals surface area contributed by atoms with Gasteiger partial charge in [-0.05, 0) is 147 Å². The van der Waals surface area contributed by atoms with Crippen molar-refractivity contribution in [1.82, 2.24) is 4.57 Å². The normalized spacial score (nSPS) is 11.5. The van der Waals surface area contributed by atoms with Crippen molar-refractivity contribution in [2.24, 2.45) is 0 Å². The summed E-state index contributed by atoms with van der Waals surface area (Å²) in [5, 5.41) is 7.38. The van der Waals surface area contributed by atoms with Crippen LogP contribution in [0, 0.1) is 0 Å². The molecular formula is C80H53N. The molecular weight excluding hydrogens is 975 g/mol. The predicted molar refractivity (Wildman–Crippen MR) is 345 cm³/mol. The summed E-state index contributed by atoms with van der Waals surface area (Å²) in [4.78, 5) is 0. The van der Waals surface area contributed by atoms with Crippen LogP contribution in [0.5, 0.6) is 0 Å². The van der Waals surface area contributed by atoms with E-state index < -0.39 is 0 Å². The molecule has 15 rings (SSSR count). The highest BCUT2D eigenvalue weighted by Crippen LogP contribution is 2.42. The highest BCUT2D eigenvalue weighted by molar-refractivity contribution is 6.14. The number of rotatable bonds is 10. The largest absolute Gasteiger partial charge is 0.309 e. The molecule has 0 aliphatic carbocycles. The Morgan fingerprint density at radius 1 is 0.160 bits per heavy atom. The fourth-order valence-corrected chi connectivity index (χ4v) is 12.2. The molecule has 0 fully saturated rings. The van der Waals surface area contributed by atoms with Gasteiger partial charge >= 0.3 is 0 Å². The minimum Gasteiger partial charge on any atom is -0.309 e. The van der Waals surface area contributed by atoms with Gasteiger partial charge in [0.25, 0.3) is 0 Å². The van der Waals surface area contributed by atoms with Crippen molar-refractivity contribution in [1.29, 1.82) is 0 Å². The van der Waals surface area contributed by atoms with E-state index in [4.69, 9.17) is 0 Å². The molecule has 81 heavy (non-hydrogen) atoms. The van der Waals surface area contributed by atoms with Gasteiger partial charge in [0.1, 0.15) is 0 Å². The van der Waals surface area contributed by atoms with Crippen LogP contribution in [0.15, 0.2) is 322 Å². The standard InChI is InChI=1S/C80H53N/c1-3-12-54(13-4-1)56-22-26-58(27-23-56)60-30-34-62(35-31-60)64-38-42-66(43-39-64)69-46-49-79-76(52-69)77-53-70(67-44-40-65(41-45-67)63-36-32-61(33-37-63)59-28-24-57(25-29-59)55-14-5-2-6-15-55)47-50-80(77)81(79)78-51-48-74(73-19-9-10-20-75(73)78)72-21-11-17-68-16-7-8-18-71(68)72/h1-53H. The molecule has 0 aliphatic heterocycles. The molecule has 1 heteroatoms. The topological polar surface area (TPSA) is 4.93 Å². The van der Waals surface area contributed by atoms with Crippen LogP contribution >= 0.6 is 0 Å². The van der Waals surface area contributed by atoms with Gasteiger partial charge in [-0.1, -0.05) is 291 Å². The lowest BCUT2D eigenvalue weighted by Gasteiger charge is -2.16. The van der Waals surface area contributed by atoms with Crippen molar-refractivity contribution >= 4 is 43.4 Å². The molecule has 0 aliphatic rings. The van der Waals surface area contributed by atoms with E-state index in [1.54, 1.807) is 0 Å². The zero-order valence-corrected chi connectivity index (χ0v) is 44.5. The van der Waals surface area contributed by atoms with Gasteiger partial charge in [0.05, 0.1) is 16.7 Å². The summed E-state index contributed by atoms with van der Waals surface area (Å²) < 4.78 is 2.49. The van der Waals surface area contributed by atoms with Crippen molar-refractivity contribution < 1.29 is 0 Å². The van der Waals surface area contributed by atoms with Crippen molar-refractivity contribution in [3.05, 3.63) is 322 Å². The van der Waals surface area contributed by atoms with Gasteiger partial charge in [0, 0.05) is 16.2 Å². The second-order valence-electron chi connectivity index (χ2n) is 21.2. The quantitative estimate of drug-likeness (QED) is 0.129. The minimum absolute atomic E-state index is 1.16. The van der Waals surface area contributed by atoms with Gasteiger partial charge < -0.3 is 4.57 Å². The van der Waals surface area contributed by atoms with E-state index in [0.717, 1.165) is 5.69 Å². The smallest absolute Gasteiger partial charge is 0.0541 e. The van der Waals surface area contributed by atoms with Gasteiger partial charge in [-0.3, -0.25) is 0 Å². The molecule has 0 N–H and O–H groups in total. The fraction of sp³-hybridized carbons (Fsp3) is 0. The Kier molecular flexibility index (Phi) is 11.9. The Bertz CT molecular complexity index is 4530. The molecule has 14 aromatic carbocycles. The molecule has 15 aromatic rings. The van der Waals surface area contributed by atoms with E-state index in [9.17, 15) is 0 Å². The summed E-state index contributed by atoms with van der Waals surface area (Å²) in [6, 6.07) is 118. The van der Waals surface area contributed by atoms with Crippen LogP contribution in [0.4, 0.5) is 0 Å². The summed E-state index contributed by atoms with van der Waals surface area (Å²) >= 11 is 0. The van der Waals surface area contributed by atoms with Crippen LogP contribution in [0.1, 0.15) is 0 Å². The van der Waals surface area contributed by atoms with Crippen molar-refractivity contribution in [2.75, 3.05) is 0 Å². The number of benzene rings is 14. The minimum atomic E-state index is 1.16. The second kappa shape index (κ2) is 20.3. The van der Waals surface area contributed by atoms with Crippen molar-refractivity contribution in [2.45, 2.75) is 0 Å². The first-order valence-corrected chi connectivity index (χ1v) is 28.0. The van der Waals surface area contributed by atoms with Crippen molar-refractivity contribution in [3.8, 4) is 106 Å². The lowest BCUT2D eigenvalue weighted by Crippen LogP contribution is -1.96. The summed E-state index contributed by atoms with van der Waals surface area (Å²) in [7, 11) is 0. The number of fused-ring (bicyclic) bond motifs is 5. The third-order valence-corrected chi connectivity index (χ3v) is 16.5. The number of nitrogens with zero attached hydrogens (tertiary/aromatic N) is 1. The Morgan fingerprint density at radius 2 is 0.444 bits per heavy atom. The molecule has 0 saturated carbocycles. The SMILES string of the molecule is c1ccc(-c2ccc(-c3ccc(-c4ccc(-c5ccc6c(c5)c5cc(-c7ccc(-c8ccc(-c9ccc(-c%10ccccc%10)cc9)cc8)cc7)ccc5n6-c5ccc(-c6cccc7ccccc67)c6ccccc56)cc4)cc3)cc2)cc1.